The average Bonchev–Trinajstić information content (AvgIpc) is 3.02. The molecule has 0 aliphatic carbocycles. The Hall–Kier alpha value is -2.41. The van der Waals surface area contributed by atoms with Crippen LogP contribution in [0.15, 0.2) is 38.6 Å². The fraction of sp³-hybridized carbons (Fsp3) is 0.368. The van der Waals surface area contributed by atoms with Crippen LogP contribution < -0.4 is 10.6 Å². The second-order valence-corrected chi connectivity index (χ2v) is 6.62. The molecule has 0 unspecified atom stereocenters. The number of furan rings is 1. The molecular formula is C19H25N3O3S. The molecule has 0 saturated heterocycles. The van der Waals surface area contributed by atoms with E-state index in [1.807, 2.05) is 0 Å². The SMILES string of the molecule is CN=C(NCc1cc(C(=O)OC)c(C)o1)NCc1ccc(C)cc1SC. The van der Waals surface area contributed by atoms with Gasteiger partial charge in [-0.25, -0.2) is 4.79 Å². The van der Waals surface area contributed by atoms with Gasteiger partial charge in [-0.15, -0.1) is 11.8 Å². The van der Waals surface area contributed by atoms with E-state index < -0.39 is 5.97 Å². The average molecular weight is 375 g/mol. The lowest BCUT2D eigenvalue weighted by Crippen LogP contribution is -2.36. The third-order valence-electron chi connectivity index (χ3n) is 3.92. The van der Waals surface area contributed by atoms with Crippen molar-refractivity contribution in [1.29, 1.82) is 0 Å². The van der Waals surface area contributed by atoms with Crippen molar-refractivity contribution in [3.05, 3.63) is 52.5 Å². The lowest BCUT2D eigenvalue weighted by Gasteiger charge is -2.13. The third-order valence-corrected chi connectivity index (χ3v) is 4.74. The molecule has 0 aliphatic heterocycles. The molecule has 140 valence electrons. The zero-order valence-corrected chi connectivity index (χ0v) is 16.6. The fourth-order valence-electron chi connectivity index (χ4n) is 2.51. The van der Waals surface area contributed by atoms with E-state index in [9.17, 15) is 4.79 Å². The fourth-order valence-corrected chi connectivity index (χ4v) is 3.22. The van der Waals surface area contributed by atoms with Crippen molar-refractivity contribution in [3.8, 4) is 0 Å². The minimum Gasteiger partial charge on any atom is -0.465 e. The Labute approximate surface area is 158 Å². The number of benzene rings is 1. The molecule has 6 nitrogen and oxygen atoms in total. The molecule has 0 atom stereocenters. The van der Waals surface area contributed by atoms with Crippen LogP contribution in [-0.2, 0) is 17.8 Å². The predicted octanol–water partition coefficient (Wildman–Crippen LogP) is 3.27. The van der Waals surface area contributed by atoms with E-state index in [1.54, 1.807) is 31.8 Å². The van der Waals surface area contributed by atoms with Crippen LogP contribution in [0.25, 0.3) is 0 Å². The number of rotatable bonds is 6. The largest absolute Gasteiger partial charge is 0.465 e. The number of esters is 1. The summed E-state index contributed by atoms with van der Waals surface area (Å²) in [6.07, 6.45) is 2.07. The summed E-state index contributed by atoms with van der Waals surface area (Å²) in [5.74, 6) is 1.45. The molecule has 1 aromatic carbocycles. The highest BCUT2D eigenvalue weighted by molar-refractivity contribution is 7.98. The number of carbonyl (C=O) groups is 1. The summed E-state index contributed by atoms with van der Waals surface area (Å²) in [5, 5.41) is 6.49. The van der Waals surface area contributed by atoms with E-state index in [0.717, 1.165) is 0 Å². The maximum Gasteiger partial charge on any atom is 0.341 e. The molecule has 26 heavy (non-hydrogen) atoms. The van der Waals surface area contributed by atoms with Gasteiger partial charge in [0.15, 0.2) is 5.96 Å². The summed E-state index contributed by atoms with van der Waals surface area (Å²) in [4.78, 5) is 17.1. The summed E-state index contributed by atoms with van der Waals surface area (Å²) in [7, 11) is 3.07. The number of aryl methyl sites for hydroxylation is 2. The summed E-state index contributed by atoms with van der Waals surface area (Å²) in [6, 6.07) is 8.10. The van der Waals surface area contributed by atoms with Crippen molar-refractivity contribution in [2.24, 2.45) is 4.99 Å². The number of hydrogen-bond acceptors (Lipinski definition) is 5. The van der Waals surface area contributed by atoms with Crippen molar-refractivity contribution in [2.45, 2.75) is 31.8 Å². The van der Waals surface area contributed by atoms with Gasteiger partial charge in [-0.3, -0.25) is 4.99 Å². The van der Waals surface area contributed by atoms with Gasteiger partial charge in [0.05, 0.1) is 13.7 Å². The van der Waals surface area contributed by atoms with E-state index >= 15 is 0 Å². The van der Waals surface area contributed by atoms with Crippen LogP contribution in [0.1, 0.15) is 33.0 Å². The van der Waals surface area contributed by atoms with Gasteiger partial charge in [0.2, 0.25) is 0 Å². The molecule has 0 fully saturated rings. The zero-order chi connectivity index (χ0) is 19.1. The van der Waals surface area contributed by atoms with Gasteiger partial charge in [-0.05, 0) is 43.4 Å². The first kappa shape index (κ1) is 19.9. The second-order valence-electron chi connectivity index (χ2n) is 5.77. The van der Waals surface area contributed by atoms with Gasteiger partial charge in [0.1, 0.15) is 17.1 Å². The number of hydrogen-bond donors (Lipinski definition) is 2. The normalized spacial score (nSPS) is 11.3. The van der Waals surface area contributed by atoms with E-state index in [2.05, 4.69) is 47.0 Å². The van der Waals surface area contributed by atoms with Crippen molar-refractivity contribution in [2.75, 3.05) is 20.4 Å². The first-order valence-corrected chi connectivity index (χ1v) is 9.46. The molecule has 0 spiro atoms. The quantitative estimate of drug-likeness (QED) is 0.349. The summed E-state index contributed by atoms with van der Waals surface area (Å²) >= 11 is 1.73. The van der Waals surface area contributed by atoms with Crippen molar-refractivity contribution >= 4 is 23.7 Å². The molecular weight excluding hydrogens is 350 g/mol. The van der Waals surface area contributed by atoms with Crippen LogP contribution in [0.2, 0.25) is 0 Å². The third kappa shape index (κ3) is 5.05. The highest BCUT2D eigenvalue weighted by atomic mass is 32.2. The summed E-state index contributed by atoms with van der Waals surface area (Å²) < 4.78 is 10.3. The highest BCUT2D eigenvalue weighted by Crippen LogP contribution is 2.21. The van der Waals surface area contributed by atoms with Crippen LogP contribution in [0, 0.1) is 13.8 Å². The number of nitrogens with zero attached hydrogens (tertiary/aromatic N) is 1. The van der Waals surface area contributed by atoms with Gasteiger partial charge in [0.25, 0.3) is 0 Å². The Kier molecular flexibility index (Phi) is 7.15. The smallest absolute Gasteiger partial charge is 0.341 e. The second kappa shape index (κ2) is 9.33. The van der Waals surface area contributed by atoms with Gasteiger partial charge in [-0.1, -0.05) is 12.1 Å². The Bertz CT molecular complexity index is 799. The molecule has 2 N–H and O–H groups in total. The predicted molar refractivity (Wildman–Crippen MR) is 105 cm³/mol. The lowest BCUT2D eigenvalue weighted by molar-refractivity contribution is 0.0599. The van der Waals surface area contributed by atoms with Crippen molar-refractivity contribution < 1.29 is 13.9 Å². The van der Waals surface area contributed by atoms with Crippen molar-refractivity contribution in [3.63, 3.8) is 0 Å². The molecule has 7 heteroatoms. The topological polar surface area (TPSA) is 75.9 Å². The molecule has 0 radical (unpaired) electrons. The molecule has 1 heterocycles. The Morgan fingerprint density at radius 2 is 1.96 bits per heavy atom. The maximum absolute atomic E-state index is 11.6. The summed E-state index contributed by atoms with van der Waals surface area (Å²) in [5.41, 5.74) is 2.90. The standard InChI is InChI=1S/C19H25N3O3S/c1-12-6-7-14(17(8-12)26-5)10-21-19(20-3)22-11-15-9-16(13(2)25-15)18(23)24-4/h6-9H,10-11H2,1-5H3,(H2,20,21,22). The maximum atomic E-state index is 11.6. The molecule has 2 aromatic rings. The van der Waals surface area contributed by atoms with Gasteiger partial charge in [-0.2, -0.15) is 0 Å². The molecule has 0 amide bonds. The number of aliphatic imine (C=N–C) groups is 1. The zero-order valence-electron chi connectivity index (χ0n) is 15.8. The van der Waals surface area contributed by atoms with E-state index in [1.165, 1.54) is 23.1 Å². The van der Waals surface area contributed by atoms with Crippen LogP contribution in [0.3, 0.4) is 0 Å². The van der Waals surface area contributed by atoms with Crippen LogP contribution in [0.5, 0.6) is 0 Å². The lowest BCUT2D eigenvalue weighted by atomic mass is 10.1. The van der Waals surface area contributed by atoms with Crippen molar-refractivity contribution in [1.82, 2.24) is 10.6 Å². The van der Waals surface area contributed by atoms with E-state index in [0.29, 0.717) is 36.1 Å². The first-order valence-electron chi connectivity index (χ1n) is 8.24. The van der Waals surface area contributed by atoms with Gasteiger partial charge < -0.3 is 19.8 Å². The first-order chi connectivity index (χ1) is 12.5. The molecule has 1 aromatic heterocycles. The minimum atomic E-state index is -0.399. The van der Waals surface area contributed by atoms with E-state index in [-0.39, 0.29) is 0 Å². The Morgan fingerprint density at radius 3 is 2.62 bits per heavy atom. The van der Waals surface area contributed by atoms with Crippen LogP contribution in [0.4, 0.5) is 0 Å². The highest BCUT2D eigenvalue weighted by Gasteiger charge is 2.15. The molecule has 0 saturated carbocycles. The summed E-state index contributed by atoms with van der Waals surface area (Å²) in [6.45, 7) is 4.91. The molecule has 2 rings (SSSR count). The van der Waals surface area contributed by atoms with Gasteiger partial charge >= 0.3 is 5.97 Å². The van der Waals surface area contributed by atoms with Crippen LogP contribution in [-0.4, -0.2) is 32.3 Å². The van der Waals surface area contributed by atoms with Gasteiger partial charge in [0, 0.05) is 18.5 Å². The number of carbonyl (C=O) groups excluding carboxylic acids is 1. The Morgan fingerprint density at radius 1 is 1.23 bits per heavy atom. The Balaban J connectivity index is 1.95. The molecule has 0 aliphatic rings. The molecule has 0 bridgehead atoms. The number of methoxy groups -OCH3 is 1. The minimum absolute atomic E-state index is 0.399. The number of ether oxygens (including phenoxy) is 1. The number of thioether (sulfide) groups is 1. The number of guanidine groups is 1. The monoisotopic (exact) mass is 375 g/mol. The number of nitrogens with one attached hydrogen (secondary N) is 2. The van der Waals surface area contributed by atoms with E-state index in [4.69, 9.17) is 9.15 Å². The van der Waals surface area contributed by atoms with Crippen LogP contribution >= 0.6 is 11.8 Å².